The Balaban J connectivity index is 2.40. The van der Waals surface area contributed by atoms with Gasteiger partial charge in [-0.15, -0.1) is 5.10 Å². The topological polar surface area (TPSA) is 111 Å². The van der Waals surface area contributed by atoms with Crippen molar-refractivity contribution in [1.82, 2.24) is 15.2 Å². The quantitative estimate of drug-likeness (QED) is 0.818. The lowest BCUT2D eigenvalue weighted by Crippen LogP contribution is -2.18. The molecule has 3 N–H and O–H groups in total. The number of nitrogens with zero attached hydrogens (tertiary/aromatic N) is 3. The maximum atomic E-state index is 13.1. The lowest BCUT2D eigenvalue weighted by atomic mass is 10.3. The molecule has 0 aliphatic rings. The van der Waals surface area contributed by atoms with E-state index in [1.807, 2.05) is 0 Å². The van der Waals surface area contributed by atoms with E-state index in [1.165, 1.54) is 6.07 Å². The number of hydrogen-bond acceptors (Lipinski definition) is 6. The molecular formula is C11H12FN5O2S. The molecule has 0 spiro atoms. The van der Waals surface area contributed by atoms with E-state index >= 15 is 0 Å². The molecule has 0 aliphatic carbocycles. The third-order valence-corrected chi connectivity index (χ3v) is 3.97. The summed E-state index contributed by atoms with van der Waals surface area (Å²) in [4.78, 5) is 3.56. The first kappa shape index (κ1) is 14.1. The number of benzene rings is 1. The van der Waals surface area contributed by atoms with Crippen molar-refractivity contribution in [3.8, 4) is 0 Å². The highest BCUT2D eigenvalue weighted by atomic mass is 32.2. The molecule has 0 bridgehead atoms. The molecule has 20 heavy (non-hydrogen) atoms. The van der Waals surface area contributed by atoms with Crippen molar-refractivity contribution in [2.75, 3.05) is 10.5 Å². The molecule has 0 fully saturated rings. The van der Waals surface area contributed by atoms with Crippen LogP contribution in [0.5, 0.6) is 0 Å². The van der Waals surface area contributed by atoms with Gasteiger partial charge in [-0.05, 0) is 32.0 Å². The number of nitrogens with two attached hydrogens (primary N) is 1. The third-order valence-electron chi connectivity index (χ3n) is 2.58. The summed E-state index contributed by atoms with van der Waals surface area (Å²) >= 11 is 0. The number of anilines is 2. The van der Waals surface area contributed by atoms with Gasteiger partial charge in [0.05, 0.1) is 17.1 Å². The average Bonchev–Trinajstić information content (AvgIpc) is 2.36. The van der Waals surface area contributed by atoms with E-state index in [-0.39, 0.29) is 16.5 Å². The number of aromatic nitrogens is 3. The van der Waals surface area contributed by atoms with Crippen molar-refractivity contribution in [3.63, 3.8) is 0 Å². The number of rotatable bonds is 3. The predicted octanol–water partition coefficient (Wildman–Crippen LogP) is 1.01. The van der Waals surface area contributed by atoms with Crippen LogP contribution in [0.15, 0.2) is 23.1 Å². The molecular weight excluding hydrogens is 285 g/mol. The van der Waals surface area contributed by atoms with Gasteiger partial charge in [0.1, 0.15) is 10.7 Å². The average molecular weight is 297 g/mol. The van der Waals surface area contributed by atoms with Gasteiger partial charge in [-0.1, -0.05) is 0 Å². The SMILES string of the molecule is Cc1nnc(NS(=O)(=O)c2cc(F)ccc2N)nc1C. The fourth-order valence-corrected chi connectivity index (χ4v) is 2.50. The zero-order valence-corrected chi connectivity index (χ0v) is 11.6. The summed E-state index contributed by atoms with van der Waals surface area (Å²) in [6.45, 7) is 3.36. The van der Waals surface area contributed by atoms with E-state index in [0.717, 1.165) is 12.1 Å². The van der Waals surface area contributed by atoms with E-state index < -0.39 is 15.8 Å². The van der Waals surface area contributed by atoms with Crippen LogP contribution in [0.2, 0.25) is 0 Å². The summed E-state index contributed by atoms with van der Waals surface area (Å²) in [5.74, 6) is -0.907. The molecule has 1 aromatic heterocycles. The van der Waals surface area contributed by atoms with Gasteiger partial charge in [0.25, 0.3) is 16.0 Å². The van der Waals surface area contributed by atoms with Crippen molar-refractivity contribution in [2.24, 2.45) is 0 Å². The second-order valence-corrected chi connectivity index (χ2v) is 5.74. The number of nitrogen functional groups attached to an aromatic ring is 1. The van der Waals surface area contributed by atoms with E-state index in [9.17, 15) is 12.8 Å². The Morgan fingerprint density at radius 2 is 1.90 bits per heavy atom. The molecule has 0 unspecified atom stereocenters. The van der Waals surface area contributed by atoms with Crippen LogP contribution in [-0.4, -0.2) is 23.6 Å². The Labute approximate surface area is 115 Å². The van der Waals surface area contributed by atoms with E-state index in [0.29, 0.717) is 11.4 Å². The van der Waals surface area contributed by atoms with E-state index in [4.69, 9.17) is 5.73 Å². The highest BCUT2D eigenvalue weighted by Gasteiger charge is 2.20. The summed E-state index contributed by atoms with van der Waals surface area (Å²) in [7, 11) is -4.08. The van der Waals surface area contributed by atoms with Crippen LogP contribution in [0, 0.1) is 19.7 Å². The number of sulfonamides is 1. The molecule has 2 rings (SSSR count). The van der Waals surface area contributed by atoms with Gasteiger partial charge in [0.15, 0.2) is 0 Å². The maximum absolute atomic E-state index is 13.1. The minimum absolute atomic E-state index is 0.0734. The van der Waals surface area contributed by atoms with Gasteiger partial charge in [-0.3, -0.25) is 0 Å². The minimum Gasteiger partial charge on any atom is -0.398 e. The zero-order valence-electron chi connectivity index (χ0n) is 10.8. The van der Waals surface area contributed by atoms with Crippen LogP contribution < -0.4 is 10.5 Å². The number of aryl methyl sites for hydroxylation is 2. The number of hydrogen-bond donors (Lipinski definition) is 2. The van der Waals surface area contributed by atoms with Crippen LogP contribution in [0.3, 0.4) is 0 Å². The molecule has 1 heterocycles. The van der Waals surface area contributed by atoms with Gasteiger partial charge in [-0.25, -0.2) is 22.5 Å². The fourth-order valence-electron chi connectivity index (χ4n) is 1.42. The van der Waals surface area contributed by atoms with Crippen LogP contribution in [0.1, 0.15) is 11.4 Å². The van der Waals surface area contributed by atoms with Gasteiger partial charge in [0, 0.05) is 0 Å². The van der Waals surface area contributed by atoms with Gasteiger partial charge >= 0.3 is 0 Å². The van der Waals surface area contributed by atoms with Crippen LogP contribution >= 0.6 is 0 Å². The molecule has 0 amide bonds. The third kappa shape index (κ3) is 2.82. The number of nitrogens with one attached hydrogen (secondary N) is 1. The molecule has 0 saturated heterocycles. The summed E-state index contributed by atoms with van der Waals surface area (Å²) < 4.78 is 39.5. The second-order valence-electron chi connectivity index (χ2n) is 4.09. The van der Waals surface area contributed by atoms with Crippen molar-refractivity contribution in [2.45, 2.75) is 18.7 Å². The Morgan fingerprint density at radius 3 is 2.55 bits per heavy atom. The van der Waals surface area contributed by atoms with Crippen molar-refractivity contribution in [1.29, 1.82) is 0 Å². The van der Waals surface area contributed by atoms with Gasteiger partial charge in [-0.2, -0.15) is 5.10 Å². The predicted molar refractivity (Wildman–Crippen MR) is 70.9 cm³/mol. The molecule has 9 heteroatoms. The van der Waals surface area contributed by atoms with Gasteiger partial charge in [0.2, 0.25) is 0 Å². The monoisotopic (exact) mass is 297 g/mol. The lowest BCUT2D eigenvalue weighted by molar-refractivity contribution is 0.595. The van der Waals surface area contributed by atoms with Crippen LogP contribution in [-0.2, 0) is 10.0 Å². The van der Waals surface area contributed by atoms with E-state index in [2.05, 4.69) is 19.9 Å². The minimum atomic E-state index is -4.08. The van der Waals surface area contributed by atoms with Crippen molar-refractivity contribution >= 4 is 21.7 Å². The Hall–Kier alpha value is -2.29. The fraction of sp³-hybridized carbons (Fsp3) is 0.182. The van der Waals surface area contributed by atoms with Crippen molar-refractivity contribution < 1.29 is 12.8 Å². The highest BCUT2D eigenvalue weighted by Crippen LogP contribution is 2.21. The smallest absolute Gasteiger partial charge is 0.266 e. The second kappa shape index (κ2) is 5.00. The lowest BCUT2D eigenvalue weighted by Gasteiger charge is -2.09. The molecule has 106 valence electrons. The highest BCUT2D eigenvalue weighted by molar-refractivity contribution is 7.92. The Kier molecular flexibility index (Phi) is 3.53. The first-order valence-corrected chi connectivity index (χ1v) is 7.03. The van der Waals surface area contributed by atoms with Gasteiger partial charge < -0.3 is 5.73 Å². The Morgan fingerprint density at radius 1 is 1.20 bits per heavy atom. The maximum Gasteiger partial charge on any atom is 0.266 e. The summed E-state index contributed by atoms with van der Waals surface area (Å²) in [5, 5.41) is 7.37. The standard InChI is InChI=1S/C11H12FN5O2S/c1-6-7(2)15-16-11(14-6)17-20(18,19)10-5-8(12)3-4-9(10)13/h3-5H,13H2,1-2H3,(H,14,16,17). The summed E-state index contributed by atoms with van der Waals surface area (Å²) in [5.41, 5.74) is 6.58. The molecule has 7 nitrogen and oxygen atoms in total. The summed E-state index contributed by atoms with van der Waals surface area (Å²) in [6, 6.07) is 3.07. The molecule has 0 aliphatic heterocycles. The summed E-state index contributed by atoms with van der Waals surface area (Å²) in [6.07, 6.45) is 0. The van der Waals surface area contributed by atoms with E-state index in [1.54, 1.807) is 13.8 Å². The largest absolute Gasteiger partial charge is 0.398 e. The number of halogens is 1. The van der Waals surface area contributed by atoms with Crippen molar-refractivity contribution in [3.05, 3.63) is 35.4 Å². The first-order valence-electron chi connectivity index (χ1n) is 5.55. The zero-order chi connectivity index (χ0) is 14.9. The molecule has 0 radical (unpaired) electrons. The van der Waals surface area contributed by atoms with Crippen LogP contribution in [0.4, 0.5) is 16.0 Å². The normalized spacial score (nSPS) is 11.3. The molecule has 2 aromatic rings. The molecule has 0 atom stereocenters. The Bertz CT molecular complexity index is 763. The first-order chi connectivity index (χ1) is 9.29. The molecule has 0 saturated carbocycles. The van der Waals surface area contributed by atoms with Crippen LogP contribution in [0.25, 0.3) is 0 Å². The molecule has 1 aromatic carbocycles.